The minimum Gasteiger partial charge on any atom is -0.378 e. The molecule has 128 valence electrons. The molecule has 2 rings (SSSR count). The average molecular weight is 336 g/mol. The summed E-state index contributed by atoms with van der Waals surface area (Å²) in [5.74, 6) is 0. The van der Waals surface area contributed by atoms with E-state index in [0.29, 0.717) is 0 Å². The van der Waals surface area contributed by atoms with Crippen LogP contribution in [0.25, 0.3) is 6.08 Å². The number of anilines is 1. The second kappa shape index (κ2) is 8.54. The molecule has 0 atom stereocenters. The fourth-order valence-electron chi connectivity index (χ4n) is 2.00. The van der Waals surface area contributed by atoms with Crippen LogP contribution in [0.3, 0.4) is 0 Å². The van der Waals surface area contributed by atoms with Gasteiger partial charge in [-0.2, -0.15) is 10.2 Å². The van der Waals surface area contributed by atoms with E-state index in [1.165, 1.54) is 12.1 Å². The molecular weight excluding hydrogens is 316 g/mol. The van der Waals surface area contributed by atoms with Crippen LogP contribution in [-0.2, 0) is 0 Å². The first-order valence-electron chi connectivity index (χ1n) is 7.73. The van der Waals surface area contributed by atoms with Crippen LogP contribution in [0.1, 0.15) is 18.1 Å². The maximum absolute atomic E-state index is 10.6. The van der Waals surface area contributed by atoms with Crippen LogP contribution in [0.5, 0.6) is 0 Å². The summed E-state index contributed by atoms with van der Waals surface area (Å²) in [5.41, 5.74) is 3.80. The van der Waals surface area contributed by atoms with Crippen molar-refractivity contribution in [3.05, 3.63) is 75.8 Å². The maximum Gasteiger partial charge on any atom is 0.269 e. The van der Waals surface area contributed by atoms with Gasteiger partial charge < -0.3 is 4.90 Å². The van der Waals surface area contributed by atoms with Gasteiger partial charge in [0.1, 0.15) is 0 Å². The third-order valence-corrected chi connectivity index (χ3v) is 3.45. The molecule has 0 N–H and O–H groups in total. The standard InChI is InChI=1S/C19H20N4O2/c1-15(4-5-16-6-10-18(11-7-16)22(2)3)21-20-14-17-8-12-19(13-9-17)23(24)25/h4-14H,1-3H3/b5-4+,20-14+,21-15+. The molecule has 0 aromatic heterocycles. The highest BCUT2D eigenvalue weighted by atomic mass is 16.6. The second-order valence-corrected chi connectivity index (χ2v) is 5.65. The fourth-order valence-corrected chi connectivity index (χ4v) is 2.00. The molecule has 0 bridgehead atoms. The summed E-state index contributed by atoms with van der Waals surface area (Å²) in [7, 11) is 4.01. The molecule has 0 unspecified atom stereocenters. The van der Waals surface area contributed by atoms with Gasteiger partial charge in [-0.25, -0.2) is 0 Å². The number of benzene rings is 2. The first-order valence-corrected chi connectivity index (χ1v) is 7.73. The third-order valence-electron chi connectivity index (χ3n) is 3.45. The molecular formula is C19H20N4O2. The molecule has 6 nitrogen and oxygen atoms in total. The Kier molecular flexibility index (Phi) is 6.17. The number of nitrogens with zero attached hydrogens (tertiary/aromatic N) is 4. The van der Waals surface area contributed by atoms with Gasteiger partial charge >= 0.3 is 0 Å². The molecule has 0 saturated carbocycles. The van der Waals surface area contributed by atoms with Gasteiger partial charge in [0.2, 0.25) is 0 Å². The van der Waals surface area contributed by atoms with Crippen LogP contribution in [0.2, 0.25) is 0 Å². The number of allylic oxidation sites excluding steroid dienone is 1. The Morgan fingerprint density at radius 3 is 2.20 bits per heavy atom. The number of nitro groups is 1. The normalized spacial score (nSPS) is 12.0. The maximum atomic E-state index is 10.6. The van der Waals surface area contributed by atoms with Gasteiger partial charge in [-0.05, 0) is 48.4 Å². The predicted octanol–water partition coefficient (Wildman–Crippen LogP) is 4.17. The summed E-state index contributed by atoms with van der Waals surface area (Å²) in [6.07, 6.45) is 5.42. The van der Waals surface area contributed by atoms with Crippen LogP contribution in [-0.4, -0.2) is 30.9 Å². The van der Waals surface area contributed by atoms with Gasteiger partial charge in [0, 0.05) is 31.9 Å². The molecule has 0 aliphatic heterocycles. The molecule has 0 fully saturated rings. The van der Waals surface area contributed by atoms with Crippen molar-refractivity contribution in [2.75, 3.05) is 19.0 Å². The lowest BCUT2D eigenvalue weighted by molar-refractivity contribution is -0.384. The molecule has 0 radical (unpaired) electrons. The fraction of sp³-hybridized carbons (Fsp3) is 0.158. The summed E-state index contributed by atoms with van der Waals surface area (Å²) in [5, 5.41) is 18.7. The molecule has 2 aromatic carbocycles. The first kappa shape index (κ1) is 18.1. The van der Waals surface area contributed by atoms with E-state index >= 15 is 0 Å². The van der Waals surface area contributed by atoms with Crippen LogP contribution in [0, 0.1) is 10.1 Å². The molecule has 0 heterocycles. The second-order valence-electron chi connectivity index (χ2n) is 5.65. The van der Waals surface area contributed by atoms with Crippen LogP contribution in [0.4, 0.5) is 11.4 Å². The predicted molar refractivity (Wildman–Crippen MR) is 104 cm³/mol. The van der Waals surface area contributed by atoms with Gasteiger partial charge in [-0.1, -0.05) is 18.2 Å². The Morgan fingerprint density at radius 2 is 1.64 bits per heavy atom. The molecule has 0 amide bonds. The van der Waals surface area contributed by atoms with Crippen molar-refractivity contribution in [3.8, 4) is 0 Å². The average Bonchev–Trinajstić information content (AvgIpc) is 2.60. The van der Waals surface area contributed by atoms with Crippen molar-refractivity contribution < 1.29 is 4.92 Å². The van der Waals surface area contributed by atoms with Crippen molar-refractivity contribution in [3.63, 3.8) is 0 Å². The molecule has 0 aliphatic rings. The summed E-state index contributed by atoms with van der Waals surface area (Å²) in [6, 6.07) is 14.3. The van der Waals surface area contributed by atoms with Gasteiger partial charge in [0.15, 0.2) is 0 Å². The van der Waals surface area contributed by atoms with Crippen LogP contribution < -0.4 is 4.90 Å². The number of rotatable bonds is 6. The Hall–Kier alpha value is -3.28. The van der Waals surface area contributed by atoms with Crippen LogP contribution >= 0.6 is 0 Å². The van der Waals surface area contributed by atoms with E-state index < -0.39 is 4.92 Å². The Morgan fingerprint density at radius 1 is 1.04 bits per heavy atom. The van der Waals surface area contributed by atoms with Crippen molar-refractivity contribution in [2.45, 2.75) is 6.92 Å². The lowest BCUT2D eigenvalue weighted by Crippen LogP contribution is -2.07. The SMILES string of the molecule is CC(/C=C/c1ccc(N(C)C)cc1)=N\N=C\c1ccc([N+](=O)[O-])cc1. The summed E-state index contributed by atoms with van der Waals surface area (Å²) in [4.78, 5) is 12.2. The van der Waals surface area contributed by atoms with Crippen LogP contribution in [0.15, 0.2) is 64.8 Å². The van der Waals surface area contributed by atoms with E-state index in [4.69, 9.17) is 0 Å². The molecule has 6 heteroatoms. The summed E-state index contributed by atoms with van der Waals surface area (Å²) in [6.45, 7) is 1.86. The minimum absolute atomic E-state index is 0.0556. The lowest BCUT2D eigenvalue weighted by atomic mass is 10.2. The molecule has 25 heavy (non-hydrogen) atoms. The number of hydrogen-bond acceptors (Lipinski definition) is 5. The zero-order valence-electron chi connectivity index (χ0n) is 14.5. The zero-order valence-corrected chi connectivity index (χ0v) is 14.5. The number of hydrogen-bond donors (Lipinski definition) is 0. The van der Waals surface area contributed by atoms with Gasteiger partial charge in [0.25, 0.3) is 5.69 Å². The van der Waals surface area contributed by atoms with Crippen molar-refractivity contribution in [1.29, 1.82) is 0 Å². The third kappa shape index (κ3) is 5.69. The van der Waals surface area contributed by atoms with E-state index in [-0.39, 0.29) is 5.69 Å². The highest BCUT2D eigenvalue weighted by Gasteiger charge is 2.02. The smallest absolute Gasteiger partial charge is 0.269 e. The van der Waals surface area contributed by atoms with Gasteiger partial charge in [-0.15, -0.1) is 0 Å². The highest BCUT2D eigenvalue weighted by molar-refractivity contribution is 5.96. The van der Waals surface area contributed by atoms with E-state index in [2.05, 4.69) is 22.3 Å². The Bertz CT molecular complexity index is 804. The molecule has 0 aliphatic carbocycles. The van der Waals surface area contributed by atoms with Crippen molar-refractivity contribution >= 4 is 29.4 Å². The van der Waals surface area contributed by atoms with Gasteiger partial charge in [0.05, 0.1) is 16.8 Å². The quantitative estimate of drug-likeness (QED) is 0.451. The van der Waals surface area contributed by atoms with E-state index in [1.54, 1.807) is 18.3 Å². The summed E-state index contributed by atoms with van der Waals surface area (Å²) < 4.78 is 0. The molecule has 0 spiro atoms. The number of nitro benzene ring substituents is 1. The minimum atomic E-state index is -0.431. The summed E-state index contributed by atoms with van der Waals surface area (Å²) >= 11 is 0. The Labute approximate surface area is 147 Å². The van der Waals surface area contributed by atoms with E-state index in [9.17, 15) is 10.1 Å². The van der Waals surface area contributed by atoms with Crippen molar-refractivity contribution in [1.82, 2.24) is 0 Å². The van der Waals surface area contributed by atoms with Gasteiger partial charge in [-0.3, -0.25) is 10.1 Å². The highest BCUT2D eigenvalue weighted by Crippen LogP contribution is 2.13. The van der Waals surface area contributed by atoms with E-state index in [1.807, 2.05) is 50.2 Å². The topological polar surface area (TPSA) is 71.1 Å². The zero-order chi connectivity index (χ0) is 18.2. The first-order chi connectivity index (χ1) is 12.0. The van der Waals surface area contributed by atoms with Crippen molar-refractivity contribution in [2.24, 2.45) is 10.2 Å². The number of non-ortho nitro benzene ring substituents is 1. The lowest BCUT2D eigenvalue weighted by Gasteiger charge is -2.11. The largest absolute Gasteiger partial charge is 0.378 e. The monoisotopic (exact) mass is 336 g/mol. The molecule has 0 saturated heterocycles. The molecule has 2 aromatic rings. The van der Waals surface area contributed by atoms with E-state index in [0.717, 1.165) is 22.5 Å². The Balaban J connectivity index is 1.97.